The molecular formula is C12H17ClN2O2. The van der Waals surface area contributed by atoms with Crippen LogP contribution in [0.3, 0.4) is 0 Å². The Balaban J connectivity index is 2.40. The van der Waals surface area contributed by atoms with Gasteiger partial charge < -0.3 is 9.47 Å². The van der Waals surface area contributed by atoms with Gasteiger partial charge in [0.15, 0.2) is 0 Å². The monoisotopic (exact) mass is 256 g/mol. The van der Waals surface area contributed by atoms with Gasteiger partial charge in [-0.2, -0.15) is 9.97 Å². The number of aromatic nitrogens is 2. The fourth-order valence-electron chi connectivity index (χ4n) is 1.59. The number of ether oxygens (including phenoxy) is 2. The largest absolute Gasteiger partial charge is 0.481 e. The molecule has 0 amide bonds. The van der Waals surface area contributed by atoms with Crippen LogP contribution in [0.15, 0.2) is 0 Å². The Kier molecular flexibility index (Phi) is 3.72. The minimum atomic E-state index is 0.0589. The highest BCUT2D eigenvalue weighted by Crippen LogP contribution is 2.40. The molecule has 4 nitrogen and oxygen atoms in total. The molecule has 0 saturated heterocycles. The summed E-state index contributed by atoms with van der Waals surface area (Å²) in [5.74, 6) is 2.65. The molecule has 0 N–H and O–H groups in total. The minimum Gasteiger partial charge on any atom is -0.481 e. The minimum absolute atomic E-state index is 0.0589. The van der Waals surface area contributed by atoms with Crippen molar-refractivity contribution in [2.75, 3.05) is 7.11 Å². The smallest absolute Gasteiger partial charge is 0.225 e. The summed E-state index contributed by atoms with van der Waals surface area (Å²) in [6.45, 7) is 3.92. The van der Waals surface area contributed by atoms with Crippen molar-refractivity contribution in [3.63, 3.8) is 0 Å². The maximum atomic E-state index is 5.91. The number of rotatable bonds is 5. The Morgan fingerprint density at radius 2 is 1.94 bits per heavy atom. The van der Waals surface area contributed by atoms with Gasteiger partial charge in [0, 0.05) is 5.92 Å². The third kappa shape index (κ3) is 2.80. The number of hydrogen-bond acceptors (Lipinski definition) is 4. The van der Waals surface area contributed by atoms with E-state index in [4.69, 9.17) is 21.1 Å². The van der Waals surface area contributed by atoms with E-state index in [9.17, 15) is 0 Å². The molecule has 17 heavy (non-hydrogen) atoms. The average Bonchev–Trinajstić information content (AvgIpc) is 3.10. The molecule has 0 radical (unpaired) electrons. The van der Waals surface area contributed by atoms with Crippen LogP contribution in [0.2, 0.25) is 0 Å². The Morgan fingerprint density at radius 3 is 2.41 bits per heavy atom. The van der Waals surface area contributed by atoms with Crippen molar-refractivity contribution in [1.82, 2.24) is 9.97 Å². The van der Waals surface area contributed by atoms with Crippen LogP contribution >= 0.6 is 11.6 Å². The van der Waals surface area contributed by atoms with Crippen molar-refractivity contribution in [2.45, 2.75) is 44.6 Å². The van der Waals surface area contributed by atoms with Gasteiger partial charge in [-0.05, 0) is 26.7 Å². The lowest BCUT2D eigenvalue weighted by Crippen LogP contribution is -2.12. The van der Waals surface area contributed by atoms with Crippen molar-refractivity contribution in [1.29, 1.82) is 0 Å². The summed E-state index contributed by atoms with van der Waals surface area (Å²) in [7, 11) is 1.59. The summed E-state index contributed by atoms with van der Waals surface area (Å²) in [4.78, 5) is 8.85. The molecule has 1 aliphatic rings. The second-order valence-electron chi connectivity index (χ2n) is 4.45. The van der Waals surface area contributed by atoms with Gasteiger partial charge in [-0.1, -0.05) is 0 Å². The SMILES string of the molecule is COc1nc(C2CC2)nc(OC(C)C)c1CCl. The Hall–Kier alpha value is -1.03. The highest BCUT2D eigenvalue weighted by molar-refractivity contribution is 6.17. The molecule has 0 aliphatic heterocycles. The Labute approximate surface area is 106 Å². The summed E-state index contributed by atoms with van der Waals surface area (Å²) in [5, 5.41) is 0. The number of methoxy groups -OCH3 is 1. The summed E-state index contributed by atoms with van der Waals surface area (Å²) < 4.78 is 10.9. The zero-order valence-corrected chi connectivity index (χ0v) is 11.1. The average molecular weight is 257 g/mol. The van der Waals surface area contributed by atoms with Gasteiger partial charge in [0.25, 0.3) is 0 Å². The molecule has 1 heterocycles. The highest BCUT2D eigenvalue weighted by atomic mass is 35.5. The zero-order valence-electron chi connectivity index (χ0n) is 10.4. The Morgan fingerprint density at radius 1 is 1.29 bits per heavy atom. The molecule has 0 spiro atoms. The van der Waals surface area contributed by atoms with E-state index < -0.39 is 0 Å². The maximum Gasteiger partial charge on any atom is 0.225 e. The molecule has 2 rings (SSSR count). The molecule has 1 aliphatic carbocycles. The summed E-state index contributed by atoms with van der Waals surface area (Å²) in [5.41, 5.74) is 0.729. The first kappa shape index (κ1) is 12.4. The molecular weight excluding hydrogens is 240 g/mol. The van der Waals surface area contributed by atoms with Gasteiger partial charge >= 0.3 is 0 Å². The molecule has 1 aromatic rings. The lowest BCUT2D eigenvalue weighted by molar-refractivity contribution is 0.227. The molecule has 0 unspecified atom stereocenters. The second-order valence-corrected chi connectivity index (χ2v) is 4.72. The van der Waals surface area contributed by atoms with Gasteiger partial charge in [0.1, 0.15) is 5.82 Å². The van der Waals surface area contributed by atoms with E-state index in [0.29, 0.717) is 17.7 Å². The van der Waals surface area contributed by atoms with Crippen LogP contribution in [-0.4, -0.2) is 23.2 Å². The molecule has 5 heteroatoms. The Bertz CT molecular complexity index is 406. The maximum absolute atomic E-state index is 5.91. The van der Waals surface area contributed by atoms with Gasteiger partial charge in [-0.3, -0.25) is 0 Å². The standard InChI is InChI=1S/C12H17ClN2O2/c1-7(2)17-12-9(6-13)11(16-3)14-10(15-12)8-4-5-8/h7-8H,4-6H2,1-3H3. The molecule has 94 valence electrons. The van der Waals surface area contributed by atoms with Crippen molar-refractivity contribution < 1.29 is 9.47 Å². The van der Waals surface area contributed by atoms with Crippen LogP contribution in [0.4, 0.5) is 0 Å². The predicted octanol–water partition coefficient (Wildman–Crippen LogP) is 2.89. The van der Waals surface area contributed by atoms with Gasteiger partial charge in [0.05, 0.1) is 24.7 Å². The van der Waals surface area contributed by atoms with E-state index in [0.717, 1.165) is 24.2 Å². The van der Waals surface area contributed by atoms with E-state index in [1.165, 1.54) is 0 Å². The fourth-order valence-corrected chi connectivity index (χ4v) is 1.82. The molecule has 0 bridgehead atoms. The number of halogens is 1. The quantitative estimate of drug-likeness (QED) is 0.760. The molecule has 1 fully saturated rings. The van der Waals surface area contributed by atoms with E-state index in [1.807, 2.05) is 13.8 Å². The molecule has 0 atom stereocenters. The molecule has 1 saturated carbocycles. The van der Waals surface area contributed by atoms with Gasteiger partial charge in [0.2, 0.25) is 11.8 Å². The van der Waals surface area contributed by atoms with Crippen molar-refractivity contribution in [2.24, 2.45) is 0 Å². The first-order chi connectivity index (χ1) is 8.15. The van der Waals surface area contributed by atoms with Gasteiger partial charge in [-0.15, -0.1) is 11.6 Å². The van der Waals surface area contributed by atoms with Crippen molar-refractivity contribution >= 4 is 11.6 Å². The van der Waals surface area contributed by atoms with E-state index in [-0.39, 0.29) is 12.0 Å². The van der Waals surface area contributed by atoms with Crippen LogP contribution < -0.4 is 9.47 Å². The molecule has 0 aromatic carbocycles. The summed E-state index contributed by atoms with van der Waals surface area (Å²) in [6.07, 6.45) is 2.35. The topological polar surface area (TPSA) is 44.2 Å². The van der Waals surface area contributed by atoms with Gasteiger partial charge in [-0.25, -0.2) is 0 Å². The molecule has 1 aromatic heterocycles. The lowest BCUT2D eigenvalue weighted by atomic mass is 10.3. The first-order valence-corrected chi connectivity index (χ1v) is 6.36. The lowest BCUT2D eigenvalue weighted by Gasteiger charge is -2.15. The van der Waals surface area contributed by atoms with Crippen LogP contribution in [0.1, 0.15) is 44.0 Å². The fraction of sp³-hybridized carbons (Fsp3) is 0.667. The predicted molar refractivity (Wildman–Crippen MR) is 65.9 cm³/mol. The van der Waals surface area contributed by atoms with Crippen molar-refractivity contribution in [3.8, 4) is 11.8 Å². The summed E-state index contributed by atoms with van der Waals surface area (Å²) >= 11 is 5.91. The van der Waals surface area contributed by atoms with Crippen LogP contribution in [-0.2, 0) is 5.88 Å². The van der Waals surface area contributed by atoms with E-state index >= 15 is 0 Å². The number of nitrogens with zero attached hydrogens (tertiary/aromatic N) is 2. The zero-order chi connectivity index (χ0) is 12.4. The normalized spacial score (nSPS) is 15.1. The number of hydrogen-bond donors (Lipinski definition) is 0. The third-order valence-corrected chi connectivity index (χ3v) is 2.83. The third-order valence-electron chi connectivity index (χ3n) is 2.57. The van der Waals surface area contributed by atoms with Crippen molar-refractivity contribution in [3.05, 3.63) is 11.4 Å². The van der Waals surface area contributed by atoms with Crippen LogP contribution in [0, 0.1) is 0 Å². The van der Waals surface area contributed by atoms with E-state index in [1.54, 1.807) is 7.11 Å². The van der Waals surface area contributed by atoms with Crippen LogP contribution in [0.5, 0.6) is 11.8 Å². The second kappa shape index (κ2) is 5.08. The summed E-state index contributed by atoms with van der Waals surface area (Å²) in [6, 6.07) is 0. The highest BCUT2D eigenvalue weighted by Gasteiger charge is 2.29. The first-order valence-electron chi connectivity index (χ1n) is 5.83. The van der Waals surface area contributed by atoms with Crippen LogP contribution in [0.25, 0.3) is 0 Å². The number of alkyl halides is 1. The van der Waals surface area contributed by atoms with E-state index in [2.05, 4.69) is 9.97 Å².